The Labute approximate surface area is 155 Å². The first-order valence-corrected chi connectivity index (χ1v) is 8.39. The van der Waals surface area contributed by atoms with Crippen LogP contribution in [-0.4, -0.2) is 16.1 Å². The number of phenols is 2. The summed E-state index contributed by atoms with van der Waals surface area (Å²) < 4.78 is 0. The van der Waals surface area contributed by atoms with Crippen molar-refractivity contribution in [1.29, 1.82) is 0 Å². The Morgan fingerprint density at radius 2 is 1.65 bits per heavy atom. The van der Waals surface area contributed by atoms with Crippen LogP contribution in [-0.2, 0) is 0 Å². The summed E-state index contributed by atoms with van der Waals surface area (Å²) in [4.78, 5) is 14.7. The lowest BCUT2D eigenvalue weighted by Crippen LogP contribution is -2.43. The number of hydrogen-bond acceptors (Lipinski definition) is 4. The van der Waals surface area contributed by atoms with E-state index < -0.39 is 6.17 Å². The number of carbonyl (C=O) groups excluding carboxylic acids is 1. The Hall–Kier alpha value is -3.18. The van der Waals surface area contributed by atoms with E-state index >= 15 is 0 Å². The van der Waals surface area contributed by atoms with Crippen LogP contribution in [0.15, 0.2) is 66.7 Å². The van der Waals surface area contributed by atoms with Gasteiger partial charge < -0.3 is 15.5 Å². The van der Waals surface area contributed by atoms with Crippen molar-refractivity contribution in [3.63, 3.8) is 0 Å². The number of nitrogens with zero attached hydrogens (tertiary/aromatic N) is 1. The van der Waals surface area contributed by atoms with Crippen molar-refractivity contribution in [1.82, 2.24) is 0 Å². The maximum absolute atomic E-state index is 13.2. The fraction of sp³-hybridized carbons (Fsp3) is 0.0500. The standard InChI is InChI=1S/C20H15ClN2O3/c21-12-8-10-13(11-9-12)23-19(15-5-3-7-17(24)18(15)25)22-16-6-2-1-4-14(16)20(23)26/h1-11,19,22,24-25H/t19-/m0/s1. The largest absolute Gasteiger partial charge is 0.504 e. The maximum atomic E-state index is 13.2. The molecule has 1 heterocycles. The maximum Gasteiger partial charge on any atom is 0.262 e. The second-order valence-corrected chi connectivity index (χ2v) is 6.40. The summed E-state index contributed by atoms with van der Waals surface area (Å²) in [6, 6.07) is 18.7. The summed E-state index contributed by atoms with van der Waals surface area (Å²) in [6.07, 6.45) is -0.689. The zero-order valence-corrected chi connectivity index (χ0v) is 14.3. The number of aromatic hydroxyl groups is 2. The number of rotatable bonds is 2. The quantitative estimate of drug-likeness (QED) is 0.583. The number of para-hydroxylation sites is 2. The Morgan fingerprint density at radius 3 is 2.42 bits per heavy atom. The van der Waals surface area contributed by atoms with E-state index in [1.54, 1.807) is 54.6 Å². The summed E-state index contributed by atoms with van der Waals surface area (Å²) in [5.74, 6) is -0.725. The Balaban J connectivity index is 1.90. The molecule has 0 saturated heterocycles. The molecule has 0 unspecified atom stereocenters. The number of halogens is 1. The van der Waals surface area contributed by atoms with Gasteiger partial charge in [0.05, 0.1) is 5.56 Å². The van der Waals surface area contributed by atoms with Crippen LogP contribution in [0, 0.1) is 0 Å². The zero-order chi connectivity index (χ0) is 18.3. The van der Waals surface area contributed by atoms with E-state index in [1.165, 1.54) is 11.0 Å². The fourth-order valence-corrected chi connectivity index (χ4v) is 3.23. The van der Waals surface area contributed by atoms with Crippen molar-refractivity contribution in [3.8, 4) is 11.5 Å². The third-order valence-electron chi connectivity index (χ3n) is 4.37. The van der Waals surface area contributed by atoms with Crippen molar-refractivity contribution in [2.24, 2.45) is 0 Å². The molecular formula is C20H15ClN2O3. The summed E-state index contributed by atoms with van der Waals surface area (Å²) in [7, 11) is 0. The highest BCUT2D eigenvalue weighted by molar-refractivity contribution is 6.30. The monoisotopic (exact) mass is 366 g/mol. The highest BCUT2D eigenvalue weighted by Gasteiger charge is 2.35. The molecule has 4 rings (SSSR count). The molecule has 1 aliphatic heterocycles. The van der Waals surface area contributed by atoms with Crippen LogP contribution in [0.25, 0.3) is 0 Å². The van der Waals surface area contributed by atoms with Crippen LogP contribution in [0.3, 0.4) is 0 Å². The van der Waals surface area contributed by atoms with E-state index in [9.17, 15) is 15.0 Å². The van der Waals surface area contributed by atoms with Gasteiger partial charge in [0.15, 0.2) is 11.5 Å². The van der Waals surface area contributed by atoms with Crippen LogP contribution in [0.2, 0.25) is 5.02 Å². The minimum atomic E-state index is -0.689. The third-order valence-corrected chi connectivity index (χ3v) is 4.62. The number of nitrogens with one attached hydrogen (secondary N) is 1. The number of benzene rings is 3. The van der Waals surface area contributed by atoms with E-state index in [1.807, 2.05) is 6.07 Å². The minimum Gasteiger partial charge on any atom is -0.504 e. The van der Waals surface area contributed by atoms with E-state index in [2.05, 4.69) is 5.32 Å². The van der Waals surface area contributed by atoms with E-state index in [-0.39, 0.29) is 17.4 Å². The summed E-state index contributed by atoms with van der Waals surface area (Å²) in [5, 5.41) is 24.1. The molecule has 1 atom stereocenters. The van der Waals surface area contributed by atoms with Crippen LogP contribution < -0.4 is 10.2 Å². The first-order chi connectivity index (χ1) is 12.6. The second kappa shape index (κ2) is 6.28. The lowest BCUT2D eigenvalue weighted by Gasteiger charge is -2.38. The molecule has 0 radical (unpaired) electrons. The SMILES string of the molecule is O=C1c2ccccc2N[C@H](c2cccc(O)c2O)N1c1ccc(Cl)cc1. The second-order valence-electron chi connectivity index (χ2n) is 5.96. The smallest absolute Gasteiger partial charge is 0.262 e. The van der Waals surface area contributed by atoms with Gasteiger partial charge in [0.2, 0.25) is 0 Å². The third kappa shape index (κ3) is 2.62. The van der Waals surface area contributed by atoms with Gasteiger partial charge in [0, 0.05) is 22.0 Å². The molecule has 130 valence electrons. The lowest BCUT2D eigenvalue weighted by atomic mass is 10.0. The zero-order valence-electron chi connectivity index (χ0n) is 13.6. The van der Waals surface area contributed by atoms with E-state index in [4.69, 9.17) is 11.6 Å². The summed E-state index contributed by atoms with van der Waals surface area (Å²) >= 11 is 5.98. The molecule has 3 N–H and O–H groups in total. The predicted octanol–water partition coefficient (Wildman–Crippen LogP) is 4.52. The molecule has 0 spiro atoms. The molecule has 1 amide bonds. The minimum absolute atomic E-state index is 0.214. The van der Waals surface area contributed by atoms with Gasteiger partial charge in [-0.15, -0.1) is 0 Å². The average Bonchev–Trinajstić information content (AvgIpc) is 2.65. The van der Waals surface area contributed by atoms with Gasteiger partial charge in [-0.05, 0) is 42.5 Å². The number of amides is 1. The molecule has 0 aliphatic carbocycles. The van der Waals surface area contributed by atoms with Crippen molar-refractivity contribution >= 4 is 28.9 Å². The van der Waals surface area contributed by atoms with Crippen molar-refractivity contribution < 1.29 is 15.0 Å². The molecule has 0 fully saturated rings. The Kier molecular flexibility index (Phi) is 3.93. The van der Waals surface area contributed by atoms with Gasteiger partial charge in [0.25, 0.3) is 5.91 Å². The molecule has 1 aliphatic rings. The predicted molar refractivity (Wildman–Crippen MR) is 101 cm³/mol. The van der Waals surface area contributed by atoms with Crippen molar-refractivity contribution in [2.45, 2.75) is 6.17 Å². The summed E-state index contributed by atoms with van der Waals surface area (Å²) in [5.41, 5.74) is 2.20. The van der Waals surface area contributed by atoms with Gasteiger partial charge in [-0.1, -0.05) is 35.9 Å². The topological polar surface area (TPSA) is 72.8 Å². The normalized spacial score (nSPS) is 16.1. The molecular weight excluding hydrogens is 352 g/mol. The number of anilines is 2. The molecule has 0 aromatic heterocycles. The molecule has 3 aromatic rings. The van der Waals surface area contributed by atoms with Crippen LogP contribution in [0.1, 0.15) is 22.1 Å². The fourth-order valence-electron chi connectivity index (χ4n) is 3.11. The van der Waals surface area contributed by atoms with E-state index in [0.717, 1.165) is 0 Å². The van der Waals surface area contributed by atoms with Crippen molar-refractivity contribution in [3.05, 3.63) is 82.9 Å². The Bertz CT molecular complexity index is 989. The van der Waals surface area contributed by atoms with Gasteiger partial charge in [-0.25, -0.2) is 0 Å². The lowest BCUT2D eigenvalue weighted by molar-refractivity contribution is 0.0974. The van der Waals surface area contributed by atoms with Crippen molar-refractivity contribution in [2.75, 3.05) is 10.2 Å². The number of phenolic OH excluding ortho intramolecular Hbond substituents is 2. The first-order valence-electron chi connectivity index (χ1n) is 8.02. The van der Waals surface area contributed by atoms with Gasteiger partial charge >= 0.3 is 0 Å². The van der Waals surface area contributed by atoms with E-state index in [0.29, 0.717) is 27.5 Å². The first kappa shape index (κ1) is 16.3. The van der Waals surface area contributed by atoms with Gasteiger partial charge in [0.1, 0.15) is 6.17 Å². The molecule has 3 aromatic carbocycles. The molecule has 0 saturated carbocycles. The molecule has 6 heteroatoms. The Morgan fingerprint density at radius 1 is 0.923 bits per heavy atom. The molecule has 5 nitrogen and oxygen atoms in total. The highest BCUT2D eigenvalue weighted by Crippen LogP contribution is 2.41. The van der Waals surface area contributed by atoms with Crippen LogP contribution in [0.4, 0.5) is 11.4 Å². The van der Waals surface area contributed by atoms with Gasteiger partial charge in [-0.3, -0.25) is 9.69 Å². The van der Waals surface area contributed by atoms with Crippen LogP contribution >= 0.6 is 11.6 Å². The molecule has 0 bridgehead atoms. The average molecular weight is 367 g/mol. The highest BCUT2D eigenvalue weighted by atomic mass is 35.5. The van der Waals surface area contributed by atoms with Gasteiger partial charge in [-0.2, -0.15) is 0 Å². The summed E-state index contributed by atoms with van der Waals surface area (Å²) in [6.45, 7) is 0. The number of carbonyl (C=O) groups is 1. The number of hydrogen-bond donors (Lipinski definition) is 3. The molecule has 26 heavy (non-hydrogen) atoms. The van der Waals surface area contributed by atoms with Crippen LogP contribution in [0.5, 0.6) is 11.5 Å². The number of fused-ring (bicyclic) bond motifs is 1.